The van der Waals surface area contributed by atoms with E-state index in [4.69, 9.17) is 4.74 Å². The van der Waals surface area contributed by atoms with Gasteiger partial charge in [-0.15, -0.1) is 0 Å². The van der Waals surface area contributed by atoms with Gasteiger partial charge in [0, 0.05) is 11.0 Å². The molecular weight excluding hydrogens is 212 g/mol. The summed E-state index contributed by atoms with van der Waals surface area (Å²) in [5.74, 6) is 1.39. The lowest BCUT2D eigenvalue weighted by molar-refractivity contribution is -0.0376. The first kappa shape index (κ1) is 11.1. The van der Waals surface area contributed by atoms with E-state index >= 15 is 0 Å². The van der Waals surface area contributed by atoms with Crippen molar-refractivity contribution in [2.24, 2.45) is 5.92 Å². The largest absolute Gasteiger partial charge is 0.483 e. The average Bonchev–Trinajstić information content (AvgIpc) is 2.69. The van der Waals surface area contributed by atoms with Crippen LogP contribution >= 0.6 is 0 Å². The van der Waals surface area contributed by atoms with Gasteiger partial charge in [-0.3, -0.25) is 0 Å². The standard InChI is InChI=1S/C15H20O2/c1-10-4-5-12-13(8-10)17-15(9-16)11(2)6-7-14(12,15)3/h4-5,8,11,16H,6-7,9H2,1-3H3/t11-,14-,15-/m0/s1. The third kappa shape index (κ3) is 1.14. The van der Waals surface area contributed by atoms with Crippen LogP contribution < -0.4 is 4.74 Å². The van der Waals surface area contributed by atoms with Gasteiger partial charge >= 0.3 is 0 Å². The monoisotopic (exact) mass is 232 g/mol. The van der Waals surface area contributed by atoms with E-state index in [-0.39, 0.29) is 12.0 Å². The van der Waals surface area contributed by atoms with Crippen LogP contribution in [0.2, 0.25) is 0 Å². The molecule has 3 atom stereocenters. The van der Waals surface area contributed by atoms with E-state index < -0.39 is 5.60 Å². The van der Waals surface area contributed by atoms with Crippen LogP contribution in [0.4, 0.5) is 0 Å². The van der Waals surface area contributed by atoms with E-state index in [9.17, 15) is 5.11 Å². The van der Waals surface area contributed by atoms with Crippen LogP contribution in [0.15, 0.2) is 18.2 Å². The van der Waals surface area contributed by atoms with E-state index in [0.29, 0.717) is 5.92 Å². The summed E-state index contributed by atoms with van der Waals surface area (Å²) in [5.41, 5.74) is 2.07. The second-order valence-electron chi connectivity index (χ2n) is 5.92. The molecule has 0 saturated heterocycles. The molecule has 0 amide bonds. The third-order valence-electron chi connectivity index (χ3n) is 5.07. The Balaban J connectivity index is 2.19. The molecule has 1 N–H and O–H groups in total. The van der Waals surface area contributed by atoms with Gasteiger partial charge in [0.15, 0.2) is 0 Å². The molecule has 1 fully saturated rings. The van der Waals surface area contributed by atoms with Gasteiger partial charge in [0.05, 0.1) is 6.61 Å². The van der Waals surface area contributed by atoms with Gasteiger partial charge in [-0.25, -0.2) is 0 Å². The number of hydrogen-bond donors (Lipinski definition) is 1. The third-order valence-corrected chi connectivity index (χ3v) is 5.07. The fourth-order valence-corrected chi connectivity index (χ4v) is 3.80. The van der Waals surface area contributed by atoms with E-state index in [2.05, 4.69) is 39.0 Å². The van der Waals surface area contributed by atoms with Crippen molar-refractivity contribution >= 4 is 0 Å². The highest BCUT2D eigenvalue weighted by atomic mass is 16.5. The lowest BCUT2D eigenvalue weighted by atomic mass is 9.71. The van der Waals surface area contributed by atoms with Crippen molar-refractivity contribution in [3.05, 3.63) is 29.3 Å². The van der Waals surface area contributed by atoms with Crippen molar-refractivity contribution in [3.8, 4) is 5.75 Å². The van der Waals surface area contributed by atoms with Crippen molar-refractivity contribution in [2.75, 3.05) is 6.61 Å². The molecule has 2 nitrogen and oxygen atoms in total. The smallest absolute Gasteiger partial charge is 0.144 e. The Labute approximate surface area is 103 Å². The Morgan fingerprint density at radius 1 is 1.47 bits per heavy atom. The molecule has 1 saturated carbocycles. The van der Waals surface area contributed by atoms with E-state index in [1.165, 1.54) is 11.1 Å². The number of benzene rings is 1. The van der Waals surface area contributed by atoms with Crippen LogP contribution in [0.5, 0.6) is 5.75 Å². The van der Waals surface area contributed by atoms with Gasteiger partial charge in [-0.05, 0) is 37.3 Å². The summed E-state index contributed by atoms with van der Waals surface area (Å²) in [6, 6.07) is 6.42. The fourth-order valence-electron chi connectivity index (χ4n) is 3.80. The van der Waals surface area contributed by atoms with Gasteiger partial charge in [0.2, 0.25) is 0 Å². The van der Waals surface area contributed by atoms with Crippen molar-refractivity contribution in [2.45, 2.75) is 44.6 Å². The quantitative estimate of drug-likeness (QED) is 0.806. The minimum atomic E-state index is -0.400. The summed E-state index contributed by atoms with van der Waals surface area (Å²) in [7, 11) is 0. The summed E-state index contributed by atoms with van der Waals surface area (Å²) < 4.78 is 6.21. The number of rotatable bonds is 1. The number of hydrogen-bond acceptors (Lipinski definition) is 2. The second kappa shape index (κ2) is 3.26. The maximum Gasteiger partial charge on any atom is 0.144 e. The predicted octanol–water partition coefficient (Wildman–Crippen LogP) is 2.81. The fraction of sp³-hybridized carbons (Fsp3) is 0.600. The Morgan fingerprint density at radius 2 is 2.24 bits per heavy atom. The molecule has 17 heavy (non-hydrogen) atoms. The molecule has 92 valence electrons. The van der Waals surface area contributed by atoms with Gasteiger partial charge in [-0.2, -0.15) is 0 Å². The molecule has 1 aliphatic heterocycles. The number of aryl methyl sites for hydroxylation is 1. The molecule has 1 aliphatic carbocycles. The molecule has 1 heterocycles. The van der Waals surface area contributed by atoms with E-state index in [1.807, 2.05) is 0 Å². The van der Waals surface area contributed by atoms with Gasteiger partial charge in [0.1, 0.15) is 11.4 Å². The molecule has 1 aromatic carbocycles. The number of aliphatic hydroxyl groups is 1. The molecule has 2 aliphatic rings. The summed E-state index contributed by atoms with van der Waals surface area (Å²) in [4.78, 5) is 0. The molecule has 2 heteroatoms. The Bertz CT molecular complexity index is 468. The summed E-state index contributed by atoms with van der Waals surface area (Å²) >= 11 is 0. The van der Waals surface area contributed by atoms with E-state index in [1.54, 1.807) is 0 Å². The number of ether oxygens (including phenoxy) is 1. The van der Waals surface area contributed by atoms with Crippen molar-refractivity contribution in [1.82, 2.24) is 0 Å². The Morgan fingerprint density at radius 3 is 2.94 bits per heavy atom. The first-order valence-corrected chi connectivity index (χ1v) is 6.44. The number of aliphatic hydroxyl groups excluding tert-OH is 1. The van der Waals surface area contributed by atoms with Gasteiger partial charge in [-0.1, -0.05) is 26.0 Å². The van der Waals surface area contributed by atoms with Crippen LogP contribution in [-0.4, -0.2) is 17.3 Å². The molecule has 0 spiro atoms. The lowest BCUT2D eigenvalue weighted by Gasteiger charge is -2.38. The summed E-state index contributed by atoms with van der Waals surface area (Å²) in [6.07, 6.45) is 2.23. The molecule has 0 bridgehead atoms. The first-order chi connectivity index (χ1) is 8.03. The van der Waals surface area contributed by atoms with Crippen molar-refractivity contribution in [1.29, 1.82) is 0 Å². The van der Waals surface area contributed by atoms with Crippen LogP contribution in [0, 0.1) is 12.8 Å². The average molecular weight is 232 g/mol. The summed E-state index contributed by atoms with van der Waals surface area (Å²) in [5, 5.41) is 9.88. The number of fused-ring (bicyclic) bond motifs is 3. The van der Waals surface area contributed by atoms with Crippen LogP contribution in [0.25, 0.3) is 0 Å². The topological polar surface area (TPSA) is 29.5 Å². The molecule has 3 rings (SSSR count). The SMILES string of the molecule is Cc1ccc2c(c1)O[C@@]1(CO)[C@@H](C)CC[C@@]21C. The van der Waals surface area contributed by atoms with Crippen LogP contribution in [-0.2, 0) is 5.41 Å². The highest BCUT2D eigenvalue weighted by Gasteiger charge is 2.63. The highest BCUT2D eigenvalue weighted by molar-refractivity contribution is 5.50. The molecule has 0 radical (unpaired) electrons. The minimum Gasteiger partial charge on any atom is -0.483 e. The zero-order valence-corrected chi connectivity index (χ0v) is 10.8. The van der Waals surface area contributed by atoms with Crippen LogP contribution in [0.3, 0.4) is 0 Å². The second-order valence-corrected chi connectivity index (χ2v) is 5.92. The van der Waals surface area contributed by atoms with Crippen molar-refractivity contribution in [3.63, 3.8) is 0 Å². The van der Waals surface area contributed by atoms with Gasteiger partial charge in [0.25, 0.3) is 0 Å². The molecule has 1 aromatic rings. The Hall–Kier alpha value is -1.02. The maximum absolute atomic E-state index is 9.88. The maximum atomic E-state index is 9.88. The van der Waals surface area contributed by atoms with Crippen molar-refractivity contribution < 1.29 is 9.84 Å². The molecule has 0 unspecified atom stereocenters. The van der Waals surface area contributed by atoms with E-state index in [0.717, 1.165) is 18.6 Å². The molecular formula is C15H20O2. The van der Waals surface area contributed by atoms with Crippen LogP contribution in [0.1, 0.15) is 37.8 Å². The Kier molecular flexibility index (Phi) is 2.13. The predicted molar refractivity (Wildman–Crippen MR) is 67.4 cm³/mol. The lowest BCUT2D eigenvalue weighted by Crippen LogP contribution is -2.52. The summed E-state index contributed by atoms with van der Waals surface area (Å²) in [6.45, 7) is 6.63. The highest BCUT2D eigenvalue weighted by Crippen LogP contribution is 2.60. The normalized spacial score (nSPS) is 38.7. The first-order valence-electron chi connectivity index (χ1n) is 6.44. The zero-order valence-electron chi connectivity index (χ0n) is 10.8. The van der Waals surface area contributed by atoms with Gasteiger partial charge < -0.3 is 9.84 Å². The molecule has 0 aromatic heterocycles. The zero-order chi connectivity index (χ0) is 12.3. The minimum absolute atomic E-state index is 0.0236.